The molecule has 5 nitrogen and oxygen atoms in total. The van der Waals surface area contributed by atoms with Gasteiger partial charge in [-0.25, -0.2) is 0 Å². The molecule has 0 saturated heterocycles. The summed E-state index contributed by atoms with van der Waals surface area (Å²) in [5.41, 5.74) is 0.884. The van der Waals surface area contributed by atoms with E-state index in [-0.39, 0.29) is 18.1 Å². The minimum atomic E-state index is -1.00. The summed E-state index contributed by atoms with van der Waals surface area (Å²) in [5.74, 6) is -1.37. The van der Waals surface area contributed by atoms with Crippen molar-refractivity contribution >= 4 is 29.2 Å². The first kappa shape index (κ1) is 13.2. The van der Waals surface area contributed by atoms with Crippen molar-refractivity contribution in [3.8, 4) is 0 Å². The highest BCUT2D eigenvalue weighted by molar-refractivity contribution is 6.30. The van der Waals surface area contributed by atoms with Crippen molar-refractivity contribution in [1.82, 2.24) is 4.57 Å². The molecule has 0 bridgehead atoms. The van der Waals surface area contributed by atoms with Gasteiger partial charge < -0.3 is 15.0 Å². The quantitative estimate of drug-likeness (QED) is 0.902. The molecule has 1 aromatic carbocycles. The van der Waals surface area contributed by atoms with Crippen LogP contribution in [0.2, 0.25) is 5.02 Å². The third-order valence-electron chi connectivity index (χ3n) is 2.47. The molecule has 2 N–H and O–H groups in total. The molecule has 0 aliphatic heterocycles. The molecule has 2 aromatic rings. The van der Waals surface area contributed by atoms with Crippen LogP contribution in [0.5, 0.6) is 0 Å². The highest BCUT2D eigenvalue weighted by Crippen LogP contribution is 2.14. The van der Waals surface area contributed by atoms with Gasteiger partial charge in [0, 0.05) is 16.9 Å². The van der Waals surface area contributed by atoms with E-state index >= 15 is 0 Å². The summed E-state index contributed by atoms with van der Waals surface area (Å²) >= 11 is 5.75. The fourth-order valence-corrected chi connectivity index (χ4v) is 1.76. The van der Waals surface area contributed by atoms with Crippen LogP contribution in [0.25, 0.3) is 0 Å². The third kappa shape index (κ3) is 3.35. The van der Waals surface area contributed by atoms with E-state index in [1.165, 1.54) is 4.57 Å². The Labute approximate surface area is 114 Å². The summed E-state index contributed by atoms with van der Waals surface area (Å²) < 4.78 is 1.37. The molecule has 0 aliphatic rings. The maximum absolute atomic E-state index is 12.0. The van der Waals surface area contributed by atoms with E-state index in [4.69, 9.17) is 16.7 Å². The number of hydrogen-bond acceptors (Lipinski definition) is 2. The number of carbonyl (C=O) groups excluding carboxylic acids is 1. The topological polar surface area (TPSA) is 71.3 Å². The summed E-state index contributed by atoms with van der Waals surface area (Å²) in [4.78, 5) is 22.7. The van der Waals surface area contributed by atoms with Crippen molar-refractivity contribution in [3.05, 3.63) is 53.3 Å². The highest BCUT2D eigenvalue weighted by Gasteiger charge is 2.12. The molecule has 0 radical (unpaired) electrons. The predicted octanol–water partition coefficient (Wildman–Crippen LogP) is 2.48. The number of amides is 1. The van der Waals surface area contributed by atoms with Crippen molar-refractivity contribution in [2.24, 2.45) is 0 Å². The van der Waals surface area contributed by atoms with Crippen LogP contribution >= 0.6 is 11.6 Å². The Morgan fingerprint density at radius 2 is 1.89 bits per heavy atom. The zero-order valence-electron chi connectivity index (χ0n) is 9.84. The predicted molar refractivity (Wildman–Crippen MR) is 71.5 cm³/mol. The average Bonchev–Trinajstić information content (AvgIpc) is 2.79. The highest BCUT2D eigenvalue weighted by atomic mass is 35.5. The number of anilines is 1. The van der Waals surface area contributed by atoms with Crippen LogP contribution in [-0.2, 0) is 11.3 Å². The number of benzene rings is 1. The number of aliphatic carboxylic acids is 1. The van der Waals surface area contributed by atoms with E-state index in [0.717, 1.165) is 0 Å². The van der Waals surface area contributed by atoms with E-state index in [1.54, 1.807) is 42.6 Å². The zero-order chi connectivity index (χ0) is 13.8. The van der Waals surface area contributed by atoms with Crippen molar-refractivity contribution < 1.29 is 14.7 Å². The van der Waals surface area contributed by atoms with Gasteiger partial charge in [0.1, 0.15) is 12.2 Å². The monoisotopic (exact) mass is 278 g/mol. The molecule has 19 heavy (non-hydrogen) atoms. The largest absolute Gasteiger partial charge is 0.480 e. The normalized spacial score (nSPS) is 10.2. The Balaban J connectivity index is 2.14. The van der Waals surface area contributed by atoms with Crippen LogP contribution in [-0.4, -0.2) is 21.6 Å². The molecule has 6 heteroatoms. The Hall–Kier alpha value is -2.27. The molecule has 0 unspecified atom stereocenters. The summed E-state index contributed by atoms with van der Waals surface area (Å²) in [7, 11) is 0. The number of carboxylic acid groups (broad SMARTS) is 1. The third-order valence-corrected chi connectivity index (χ3v) is 2.72. The first-order valence-electron chi connectivity index (χ1n) is 5.50. The average molecular weight is 279 g/mol. The molecule has 1 aromatic heterocycles. The Kier molecular flexibility index (Phi) is 3.87. The lowest BCUT2D eigenvalue weighted by Gasteiger charge is -2.08. The van der Waals surface area contributed by atoms with E-state index in [9.17, 15) is 9.59 Å². The molecular formula is C13H11ClN2O3. The van der Waals surface area contributed by atoms with Gasteiger partial charge in [0.25, 0.3) is 5.91 Å². The van der Waals surface area contributed by atoms with Crippen molar-refractivity contribution in [3.63, 3.8) is 0 Å². The summed E-state index contributed by atoms with van der Waals surface area (Å²) in [5, 5.41) is 12.0. The van der Waals surface area contributed by atoms with Crippen molar-refractivity contribution in [1.29, 1.82) is 0 Å². The first-order chi connectivity index (χ1) is 9.06. The van der Waals surface area contributed by atoms with Crippen LogP contribution in [0.4, 0.5) is 5.69 Å². The number of halogens is 1. The lowest BCUT2D eigenvalue weighted by molar-refractivity contribution is -0.137. The molecule has 0 saturated carbocycles. The van der Waals surface area contributed by atoms with Crippen LogP contribution in [0.3, 0.4) is 0 Å². The number of carbonyl (C=O) groups is 2. The number of hydrogen-bond donors (Lipinski definition) is 2. The molecular weight excluding hydrogens is 268 g/mol. The van der Waals surface area contributed by atoms with Crippen molar-refractivity contribution in [2.45, 2.75) is 6.54 Å². The van der Waals surface area contributed by atoms with E-state index in [2.05, 4.69) is 5.32 Å². The minimum Gasteiger partial charge on any atom is -0.480 e. The SMILES string of the molecule is O=C(O)Cn1cccc1C(=O)Nc1ccc(Cl)cc1. The van der Waals surface area contributed by atoms with E-state index < -0.39 is 5.97 Å². The number of nitrogens with zero attached hydrogens (tertiary/aromatic N) is 1. The summed E-state index contributed by atoms with van der Waals surface area (Å²) in [6, 6.07) is 9.85. The second-order valence-corrected chi connectivity index (χ2v) is 4.31. The van der Waals surface area contributed by atoms with Gasteiger partial charge in [-0.05, 0) is 36.4 Å². The zero-order valence-corrected chi connectivity index (χ0v) is 10.6. The van der Waals surface area contributed by atoms with Gasteiger partial charge in [-0.15, -0.1) is 0 Å². The van der Waals surface area contributed by atoms with Crippen molar-refractivity contribution in [2.75, 3.05) is 5.32 Å². The van der Waals surface area contributed by atoms with Gasteiger partial charge >= 0.3 is 5.97 Å². The van der Waals surface area contributed by atoms with Crippen LogP contribution in [0, 0.1) is 0 Å². The molecule has 2 rings (SSSR count). The molecule has 98 valence electrons. The lowest BCUT2D eigenvalue weighted by atomic mass is 10.3. The van der Waals surface area contributed by atoms with Gasteiger partial charge in [0.05, 0.1) is 0 Å². The smallest absolute Gasteiger partial charge is 0.323 e. The first-order valence-corrected chi connectivity index (χ1v) is 5.88. The van der Waals surface area contributed by atoms with Crippen LogP contribution < -0.4 is 5.32 Å². The number of aromatic nitrogens is 1. The number of nitrogens with one attached hydrogen (secondary N) is 1. The lowest BCUT2D eigenvalue weighted by Crippen LogP contribution is -2.19. The maximum Gasteiger partial charge on any atom is 0.323 e. The van der Waals surface area contributed by atoms with Gasteiger partial charge in [-0.2, -0.15) is 0 Å². The van der Waals surface area contributed by atoms with E-state index in [1.807, 2.05) is 0 Å². The minimum absolute atomic E-state index is 0.254. The van der Waals surface area contributed by atoms with E-state index in [0.29, 0.717) is 10.7 Å². The molecule has 0 fully saturated rings. The maximum atomic E-state index is 12.0. The summed E-state index contributed by atoms with van der Waals surface area (Å²) in [6.45, 7) is -0.254. The second-order valence-electron chi connectivity index (χ2n) is 3.88. The molecule has 1 amide bonds. The number of rotatable bonds is 4. The van der Waals surface area contributed by atoms with Gasteiger partial charge in [-0.3, -0.25) is 9.59 Å². The Morgan fingerprint density at radius 3 is 2.53 bits per heavy atom. The molecule has 1 heterocycles. The molecule has 0 spiro atoms. The van der Waals surface area contributed by atoms with Gasteiger partial charge in [0.2, 0.25) is 0 Å². The van der Waals surface area contributed by atoms with Crippen LogP contribution in [0.1, 0.15) is 10.5 Å². The molecule has 0 atom stereocenters. The van der Waals surface area contributed by atoms with Crippen LogP contribution in [0.15, 0.2) is 42.6 Å². The Bertz CT molecular complexity index is 605. The standard InChI is InChI=1S/C13H11ClN2O3/c14-9-3-5-10(6-4-9)15-13(19)11-2-1-7-16(11)8-12(17)18/h1-7H,8H2,(H,15,19)(H,17,18). The number of carboxylic acids is 1. The fourth-order valence-electron chi connectivity index (χ4n) is 1.63. The molecule has 0 aliphatic carbocycles. The van der Waals surface area contributed by atoms with Gasteiger partial charge in [-0.1, -0.05) is 11.6 Å². The summed E-state index contributed by atoms with van der Waals surface area (Å²) in [6.07, 6.45) is 1.55. The second kappa shape index (κ2) is 5.58. The van der Waals surface area contributed by atoms with Gasteiger partial charge in [0.15, 0.2) is 0 Å². The Morgan fingerprint density at radius 1 is 1.21 bits per heavy atom. The fraction of sp³-hybridized carbons (Fsp3) is 0.0769.